The number of piperidine rings is 1. The smallest absolute Gasteiger partial charge is 0.240 e. The number of amides is 1. The highest BCUT2D eigenvalue weighted by atomic mass is 16.2. The summed E-state index contributed by atoms with van der Waals surface area (Å²) < 4.78 is 1.71. The van der Waals surface area contributed by atoms with Gasteiger partial charge in [0.25, 0.3) is 0 Å². The zero-order chi connectivity index (χ0) is 17.3. The van der Waals surface area contributed by atoms with Crippen LogP contribution < -0.4 is 10.6 Å². The van der Waals surface area contributed by atoms with Crippen LogP contribution in [0.1, 0.15) is 19.8 Å². The molecule has 0 unspecified atom stereocenters. The molecule has 1 fully saturated rings. The largest absolute Gasteiger partial charge is 0.366 e. The van der Waals surface area contributed by atoms with Gasteiger partial charge in [-0.1, -0.05) is 6.92 Å². The lowest BCUT2D eigenvalue weighted by atomic mass is 9.92. The number of nitrogen functional groups attached to an aromatic ring is 1. The van der Waals surface area contributed by atoms with E-state index in [1.165, 1.54) is 0 Å². The van der Waals surface area contributed by atoms with Crippen molar-refractivity contribution in [1.29, 1.82) is 5.26 Å². The van der Waals surface area contributed by atoms with Crippen molar-refractivity contribution >= 4 is 23.2 Å². The van der Waals surface area contributed by atoms with Crippen LogP contribution in [0.3, 0.4) is 0 Å². The highest BCUT2D eigenvalue weighted by Crippen LogP contribution is 2.28. The van der Waals surface area contributed by atoms with E-state index in [2.05, 4.69) is 21.9 Å². The molecule has 3 heterocycles. The van der Waals surface area contributed by atoms with E-state index in [4.69, 9.17) is 11.0 Å². The molecule has 2 atom stereocenters. The molecule has 0 aliphatic carbocycles. The van der Waals surface area contributed by atoms with Crippen molar-refractivity contribution in [3.05, 3.63) is 18.3 Å². The van der Waals surface area contributed by atoms with Crippen LogP contribution in [0.15, 0.2) is 18.3 Å². The fourth-order valence-corrected chi connectivity index (χ4v) is 3.31. The maximum absolute atomic E-state index is 12.1. The minimum atomic E-state index is -0.113. The zero-order valence-electron chi connectivity index (χ0n) is 13.9. The lowest BCUT2D eigenvalue weighted by molar-refractivity contribution is -0.131. The molecule has 0 aromatic carbocycles. The number of nitriles is 1. The normalized spacial score (nSPS) is 20.8. The number of anilines is 2. The molecule has 126 valence electrons. The second kappa shape index (κ2) is 6.35. The monoisotopic (exact) mass is 327 g/mol. The highest BCUT2D eigenvalue weighted by Gasteiger charge is 2.32. The first-order chi connectivity index (χ1) is 11.5. The standard InChI is InChI=1S/C16H21N7O/c1-11-6-9-22(14(24)5-7-17)10-13(11)21(2)15-12-4-3-8-23(12)20-16(18)19-15/h3-4,8,11,13H,5-6,9-10H2,1-2H3,(H2,18,20)/t11-,13+/m1/s1. The Kier molecular flexibility index (Phi) is 4.25. The average Bonchev–Trinajstić information content (AvgIpc) is 3.02. The third-order valence-electron chi connectivity index (χ3n) is 4.72. The first-order valence-electron chi connectivity index (χ1n) is 7.99. The molecule has 0 bridgehead atoms. The molecule has 3 rings (SSSR count). The predicted octanol–water partition coefficient (Wildman–Crippen LogP) is 0.898. The van der Waals surface area contributed by atoms with Crippen LogP contribution in [0.5, 0.6) is 0 Å². The van der Waals surface area contributed by atoms with Gasteiger partial charge in [-0.25, -0.2) is 4.52 Å². The Labute approximate surface area is 140 Å². The number of hydrogen-bond donors (Lipinski definition) is 1. The number of fused-ring (bicyclic) bond motifs is 1. The summed E-state index contributed by atoms with van der Waals surface area (Å²) in [7, 11) is 1.97. The average molecular weight is 327 g/mol. The molecular weight excluding hydrogens is 306 g/mol. The van der Waals surface area contributed by atoms with Crippen molar-refractivity contribution in [1.82, 2.24) is 19.5 Å². The van der Waals surface area contributed by atoms with Crippen LogP contribution >= 0.6 is 0 Å². The first kappa shape index (κ1) is 16.1. The lowest BCUT2D eigenvalue weighted by Gasteiger charge is -2.42. The predicted molar refractivity (Wildman–Crippen MR) is 90.2 cm³/mol. The molecule has 0 saturated carbocycles. The van der Waals surface area contributed by atoms with Gasteiger partial charge >= 0.3 is 0 Å². The van der Waals surface area contributed by atoms with Gasteiger partial charge in [-0.05, 0) is 24.5 Å². The van der Waals surface area contributed by atoms with Crippen LogP contribution in [-0.4, -0.2) is 51.6 Å². The van der Waals surface area contributed by atoms with E-state index in [1.807, 2.05) is 31.4 Å². The molecule has 0 spiro atoms. The molecule has 8 nitrogen and oxygen atoms in total. The molecule has 1 aliphatic heterocycles. The number of aromatic nitrogens is 3. The van der Waals surface area contributed by atoms with Crippen LogP contribution in [0.4, 0.5) is 11.8 Å². The number of hydrogen-bond acceptors (Lipinski definition) is 6. The summed E-state index contributed by atoms with van der Waals surface area (Å²) in [6.45, 7) is 3.45. The van der Waals surface area contributed by atoms with E-state index in [0.717, 1.165) is 17.8 Å². The summed E-state index contributed by atoms with van der Waals surface area (Å²) in [4.78, 5) is 20.3. The third-order valence-corrected chi connectivity index (χ3v) is 4.72. The molecular formula is C16H21N7O. The molecule has 2 N–H and O–H groups in total. The molecule has 1 amide bonds. The maximum atomic E-state index is 12.1. The van der Waals surface area contributed by atoms with Crippen molar-refractivity contribution < 1.29 is 4.79 Å². The van der Waals surface area contributed by atoms with Gasteiger partial charge in [0.2, 0.25) is 11.9 Å². The molecule has 1 saturated heterocycles. The molecule has 2 aromatic rings. The van der Waals surface area contributed by atoms with Gasteiger partial charge in [0.05, 0.1) is 12.1 Å². The van der Waals surface area contributed by atoms with Gasteiger partial charge in [-0.3, -0.25) is 4.79 Å². The van der Waals surface area contributed by atoms with Gasteiger partial charge in [0, 0.05) is 26.3 Å². The summed E-state index contributed by atoms with van der Waals surface area (Å²) in [6.07, 6.45) is 2.65. The minimum Gasteiger partial charge on any atom is -0.366 e. The van der Waals surface area contributed by atoms with Gasteiger partial charge < -0.3 is 15.5 Å². The Bertz CT molecular complexity index is 793. The van der Waals surface area contributed by atoms with Gasteiger partial charge in [0.1, 0.15) is 11.9 Å². The number of likely N-dealkylation sites (tertiary alicyclic amines) is 1. The number of likely N-dealkylation sites (N-methyl/N-ethyl adjacent to an activating group) is 1. The number of nitrogens with two attached hydrogens (primary N) is 1. The maximum Gasteiger partial charge on any atom is 0.240 e. The SMILES string of the molecule is C[C@@H]1CCN(C(=O)CC#N)C[C@@H]1N(C)c1nc(N)nn2cccc12. The highest BCUT2D eigenvalue weighted by molar-refractivity contribution is 5.78. The summed E-state index contributed by atoms with van der Waals surface area (Å²) in [5.74, 6) is 1.24. The number of rotatable bonds is 3. The molecule has 1 aliphatic rings. The number of nitrogens with zero attached hydrogens (tertiary/aromatic N) is 6. The fourth-order valence-electron chi connectivity index (χ4n) is 3.31. The summed E-state index contributed by atoms with van der Waals surface area (Å²) in [5, 5.41) is 12.9. The Morgan fingerprint density at radius 1 is 1.58 bits per heavy atom. The van der Waals surface area contributed by atoms with Gasteiger partial charge in [-0.15, -0.1) is 5.10 Å². The van der Waals surface area contributed by atoms with Crippen LogP contribution in [0, 0.1) is 17.2 Å². The van der Waals surface area contributed by atoms with Crippen LogP contribution in [-0.2, 0) is 4.79 Å². The molecule has 8 heteroatoms. The van der Waals surface area contributed by atoms with Crippen molar-refractivity contribution in [3.8, 4) is 6.07 Å². The van der Waals surface area contributed by atoms with Gasteiger partial charge in [0.15, 0.2) is 5.82 Å². The topological polar surface area (TPSA) is 104 Å². The number of carbonyl (C=O) groups is 1. The Morgan fingerprint density at radius 3 is 3.12 bits per heavy atom. The second-order valence-corrected chi connectivity index (χ2v) is 6.25. The number of carbonyl (C=O) groups excluding carboxylic acids is 1. The fraction of sp³-hybridized carbons (Fsp3) is 0.500. The lowest BCUT2D eigenvalue weighted by Crippen LogP contribution is -2.52. The third kappa shape index (κ3) is 2.85. The molecule has 24 heavy (non-hydrogen) atoms. The van der Waals surface area contributed by atoms with Crippen molar-refractivity contribution in [2.24, 2.45) is 5.92 Å². The molecule has 2 aromatic heterocycles. The van der Waals surface area contributed by atoms with E-state index in [-0.39, 0.29) is 24.3 Å². The summed E-state index contributed by atoms with van der Waals surface area (Å²) >= 11 is 0. The Morgan fingerprint density at radius 2 is 2.38 bits per heavy atom. The van der Waals surface area contributed by atoms with E-state index < -0.39 is 0 Å². The van der Waals surface area contributed by atoms with Crippen LogP contribution in [0.25, 0.3) is 5.52 Å². The van der Waals surface area contributed by atoms with E-state index in [0.29, 0.717) is 19.0 Å². The van der Waals surface area contributed by atoms with Crippen LogP contribution in [0.2, 0.25) is 0 Å². The van der Waals surface area contributed by atoms with Crippen molar-refractivity contribution in [3.63, 3.8) is 0 Å². The Balaban J connectivity index is 1.89. The summed E-state index contributed by atoms with van der Waals surface area (Å²) in [6, 6.07) is 5.88. The zero-order valence-corrected chi connectivity index (χ0v) is 13.9. The Hall–Kier alpha value is -2.82. The van der Waals surface area contributed by atoms with Crippen molar-refractivity contribution in [2.75, 3.05) is 30.8 Å². The van der Waals surface area contributed by atoms with Gasteiger partial charge in [-0.2, -0.15) is 10.2 Å². The first-order valence-corrected chi connectivity index (χ1v) is 7.99. The van der Waals surface area contributed by atoms with E-state index in [9.17, 15) is 4.79 Å². The van der Waals surface area contributed by atoms with Crippen molar-refractivity contribution in [2.45, 2.75) is 25.8 Å². The quantitative estimate of drug-likeness (QED) is 0.898. The van der Waals surface area contributed by atoms with E-state index >= 15 is 0 Å². The minimum absolute atomic E-state index is 0.0752. The summed E-state index contributed by atoms with van der Waals surface area (Å²) in [5.41, 5.74) is 6.71. The second-order valence-electron chi connectivity index (χ2n) is 6.25. The van der Waals surface area contributed by atoms with E-state index in [1.54, 1.807) is 9.42 Å². The molecule has 0 radical (unpaired) electrons.